The number of hydrazone groups is 1. The first kappa shape index (κ1) is 18.7. The Kier molecular flexibility index (Phi) is 5.92. The number of nitrogens with zero attached hydrogens (tertiary/aromatic N) is 1. The van der Waals surface area contributed by atoms with Crippen LogP contribution in [0.4, 0.5) is 0 Å². The van der Waals surface area contributed by atoms with Crippen molar-refractivity contribution in [3.05, 3.63) is 52.0 Å². The van der Waals surface area contributed by atoms with Crippen LogP contribution in [0.1, 0.15) is 11.1 Å². The molecule has 0 atom stereocenters. The van der Waals surface area contributed by atoms with Gasteiger partial charge in [-0.15, -0.1) is 0 Å². The standard InChI is InChI=1S/C18H16BrN3O5/c1-25-13-4-2-11(3-5-13)8-20-17(23)18(24)22-21-9-12-6-15-16(7-14(12)19)27-10-26-15/h2-7,9H,8,10H2,1H3,(H,20,23)(H,22,24). The van der Waals surface area contributed by atoms with Crippen LogP contribution in [0.5, 0.6) is 17.2 Å². The molecule has 0 bridgehead atoms. The zero-order chi connectivity index (χ0) is 19.2. The van der Waals surface area contributed by atoms with Crippen molar-refractivity contribution < 1.29 is 23.8 Å². The highest BCUT2D eigenvalue weighted by molar-refractivity contribution is 9.10. The van der Waals surface area contributed by atoms with Crippen LogP contribution in [-0.2, 0) is 16.1 Å². The van der Waals surface area contributed by atoms with Crippen LogP contribution in [-0.4, -0.2) is 31.9 Å². The molecule has 0 aromatic heterocycles. The van der Waals surface area contributed by atoms with Crippen LogP contribution in [0.3, 0.4) is 0 Å². The first-order chi connectivity index (χ1) is 13.1. The molecule has 27 heavy (non-hydrogen) atoms. The van der Waals surface area contributed by atoms with Crippen molar-refractivity contribution in [1.82, 2.24) is 10.7 Å². The van der Waals surface area contributed by atoms with Crippen LogP contribution in [0, 0.1) is 0 Å². The first-order valence-electron chi connectivity index (χ1n) is 7.90. The molecule has 0 unspecified atom stereocenters. The number of methoxy groups -OCH3 is 1. The normalized spacial score (nSPS) is 12.1. The van der Waals surface area contributed by atoms with E-state index in [1.807, 2.05) is 0 Å². The molecule has 3 rings (SSSR count). The van der Waals surface area contributed by atoms with Crippen molar-refractivity contribution in [2.75, 3.05) is 13.9 Å². The molecule has 0 aliphatic carbocycles. The van der Waals surface area contributed by atoms with E-state index in [0.717, 1.165) is 5.56 Å². The number of carbonyl (C=O) groups excluding carboxylic acids is 2. The summed E-state index contributed by atoms with van der Waals surface area (Å²) in [5, 5.41) is 6.32. The van der Waals surface area contributed by atoms with E-state index >= 15 is 0 Å². The molecule has 8 nitrogen and oxygen atoms in total. The molecule has 0 saturated carbocycles. The molecule has 2 aromatic carbocycles. The minimum Gasteiger partial charge on any atom is -0.497 e. The van der Waals surface area contributed by atoms with Gasteiger partial charge in [-0.1, -0.05) is 12.1 Å². The van der Waals surface area contributed by atoms with Crippen LogP contribution >= 0.6 is 15.9 Å². The smallest absolute Gasteiger partial charge is 0.329 e. The highest BCUT2D eigenvalue weighted by atomic mass is 79.9. The van der Waals surface area contributed by atoms with E-state index in [1.54, 1.807) is 43.5 Å². The fourth-order valence-corrected chi connectivity index (χ4v) is 2.67. The first-order valence-corrected chi connectivity index (χ1v) is 8.69. The van der Waals surface area contributed by atoms with E-state index in [9.17, 15) is 9.59 Å². The van der Waals surface area contributed by atoms with Gasteiger partial charge < -0.3 is 19.5 Å². The molecule has 2 amide bonds. The number of nitrogens with one attached hydrogen (secondary N) is 2. The third kappa shape index (κ3) is 4.76. The summed E-state index contributed by atoms with van der Waals surface area (Å²) in [6.45, 7) is 0.376. The second kappa shape index (κ2) is 8.54. The van der Waals surface area contributed by atoms with Gasteiger partial charge in [-0.25, -0.2) is 5.43 Å². The van der Waals surface area contributed by atoms with E-state index < -0.39 is 11.8 Å². The monoisotopic (exact) mass is 433 g/mol. The van der Waals surface area contributed by atoms with Crippen molar-refractivity contribution in [1.29, 1.82) is 0 Å². The van der Waals surface area contributed by atoms with E-state index in [0.29, 0.717) is 27.3 Å². The quantitative estimate of drug-likeness (QED) is 0.426. The SMILES string of the molecule is COc1ccc(CNC(=O)C(=O)NN=Cc2cc3c(cc2Br)OCO3)cc1. The van der Waals surface area contributed by atoms with Gasteiger partial charge in [0, 0.05) is 16.6 Å². The van der Waals surface area contributed by atoms with Crippen molar-refractivity contribution in [3.63, 3.8) is 0 Å². The van der Waals surface area contributed by atoms with Gasteiger partial charge in [0.05, 0.1) is 13.3 Å². The molecule has 1 heterocycles. The van der Waals surface area contributed by atoms with E-state index in [2.05, 4.69) is 31.8 Å². The number of hydrogen-bond acceptors (Lipinski definition) is 6. The van der Waals surface area contributed by atoms with Crippen molar-refractivity contribution >= 4 is 34.0 Å². The van der Waals surface area contributed by atoms with Gasteiger partial charge in [-0.2, -0.15) is 5.10 Å². The largest absolute Gasteiger partial charge is 0.497 e. The molecule has 2 N–H and O–H groups in total. The number of carbonyl (C=O) groups is 2. The zero-order valence-corrected chi connectivity index (χ0v) is 15.9. The highest BCUT2D eigenvalue weighted by Gasteiger charge is 2.16. The lowest BCUT2D eigenvalue weighted by Crippen LogP contribution is -2.37. The zero-order valence-electron chi connectivity index (χ0n) is 14.3. The average molecular weight is 434 g/mol. The van der Waals surface area contributed by atoms with Crippen molar-refractivity contribution in [2.45, 2.75) is 6.54 Å². The minimum absolute atomic E-state index is 0.160. The Morgan fingerprint density at radius 3 is 2.59 bits per heavy atom. The maximum absolute atomic E-state index is 11.8. The summed E-state index contributed by atoms with van der Waals surface area (Å²) in [6, 6.07) is 10.6. The summed E-state index contributed by atoms with van der Waals surface area (Å²) in [6.07, 6.45) is 1.40. The Morgan fingerprint density at radius 2 is 1.89 bits per heavy atom. The van der Waals surface area contributed by atoms with E-state index in [4.69, 9.17) is 14.2 Å². The number of benzene rings is 2. The van der Waals surface area contributed by atoms with Crippen molar-refractivity contribution in [3.8, 4) is 17.2 Å². The van der Waals surface area contributed by atoms with Gasteiger partial charge in [-0.05, 0) is 45.8 Å². The molecular formula is C18H16BrN3O5. The molecule has 2 aromatic rings. The fourth-order valence-electron chi connectivity index (χ4n) is 2.25. The number of fused-ring (bicyclic) bond motifs is 1. The number of rotatable bonds is 5. The number of ether oxygens (including phenoxy) is 3. The topological polar surface area (TPSA) is 98.2 Å². The molecule has 0 saturated heterocycles. The maximum Gasteiger partial charge on any atom is 0.329 e. The van der Waals surface area contributed by atoms with Gasteiger partial charge in [-0.3, -0.25) is 9.59 Å². The molecule has 0 fully saturated rings. The lowest BCUT2D eigenvalue weighted by atomic mass is 10.2. The van der Waals surface area contributed by atoms with Gasteiger partial charge in [0.25, 0.3) is 0 Å². The second-order valence-corrected chi connectivity index (χ2v) is 6.31. The lowest BCUT2D eigenvalue weighted by Gasteiger charge is -2.05. The molecule has 0 spiro atoms. The predicted octanol–water partition coefficient (Wildman–Crippen LogP) is 1.95. The number of halogens is 1. The Bertz CT molecular complexity index is 883. The fraction of sp³-hybridized carbons (Fsp3) is 0.167. The summed E-state index contributed by atoms with van der Waals surface area (Å²) < 4.78 is 16.3. The lowest BCUT2D eigenvalue weighted by molar-refractivity contribution is -0.139. The summed E-state index contributed by atoms with van der Waals surface area (Å²) >= 11 is 3.38. The maximum atomic E-state index is 11.8. The highest BCUT2D eigenvalue weighted by Crippen LogP contribution is 2.36. The van der Waals surface area contributed by atoms with Gasteiger partial charge in [0.15, 0.2) is 11.5 Å². The Hall–Kier alpha value is -3.07. The van der Waals surface area contributed by atoms with Crippen LogP contribution in [0.2, 0.25) is 0 Å². The molecular weight excluding hydrogens is 418 g/mol. The van der Waals surface area contributed by atoms with Crippen LogP contribution in [0.25, 0.3) is 0 Å². The predicted molar refractivity (Wildman–Crippen MR) is 101 cm³/mol. The Balaban J connectivity index is 1.51. The number of hydrogen-bond donors (Lipinski definition) is 2. The molecule has 9 heteroatoms. The Labute approximate surface area is 163 Å². The molecule has 0 radical (unpaired) electrons. The summed E-state index contributed by atoms with van der Waals surface area (Å²) in [5.41, 5.74) is 3.69. The van der Waals surface area contributed by atoms with Gasteiger partial charge in [0.1, 0.15) is 5.75 Å². The average Bonchev–Trinajstić information content (AvgIpc) is 3.13. The van der Waals surface area contributed by atoms with Gasteiger partial charge >= 0.3 is 11.8 Å². The van der Waals surface area contributed by atoms with E-state index in [1.165, 1.54) is 6.21 Å². The minimum atomic E-state index is -0.864. The third-order valence-electron chi connectivity index (χ3n) is 3.68. The van der Waals surface area contributed by atoms with E-state index in [-0.39, 0.29) is 13.3 Å². The summed E-state index contributed by atoms with van der Waals surface area (Å²) in [4.78, 5) is 23.6. The molecule has 140 valence electrons. The van der Waals surface area contributed by atoms with Crippen LogP contribution in [0.15, 0.2) is 46.0 Å². The summed E-state index contributed by atoms with van der Waals surface area (Å²) in [5.74, 6) is 0.278. The van der Waals surface area contributed by atoms with Crippen molar-refractivity contribution in [2.24, 2.45) is 5.10 Å². The Morgan fingerprint density at radius 1 is 1.19 bits per heavy atom. The molecule has 1 aliphatic rings. The second-order valence-electron chi connectivity index (χ2n) is 5.46. The molecule has 1 aliphatic heterocycles. The van der Waals surface area contributed by atoms with Gasteiger partial charge in [0.2, 0.25) is 6.79 Å². The third-order valence-corrected chi connectivity index (χ3v) is 4.37. The summed E-state index contributed by atoms with van der Waals surface area (Å²) in [7, 11) is 1.57. The van der Waals surface area contributed by atoms with Crippen LogP contribution < -0.4 is 25.0 Å². The number of amides is 2.